The molecule has 2 aromatic rings. The van der Waals surface area contributed by atoms with Crippen LogP contribution in [0.15, 0.2) is 17.6 Å². The molecule has 3 rings (SSSR count). The van der Waals surface area contributed by atoms with Gasteiger partial charge in [0.25, 0.3) is 0 Å². The van der Waals surface area contributed by atoms with Gasteiger partial charge in [-0.05, 0) is 18.6 Å². The summed E-state index contributed by atoms with van der Waals surface area (Å²) in [6.07, 6.45) is 4.84. The standard InChI is InChI=1S/C12H16N4O2S/c1-2-19-12-9-5-15-16(11(9)13-7-14-12)10-4-3-8(6-17)18-10/h5,7-8,10,17H,2-4,6H2,1H3. The predicted octanol–water partition coefficient (Wildman–Crippen LogP) is 1.61. The lowest BCUT2D eigenvalue weighted by atomic mass is 10.2. The van der Waals surface area contributed by atoms with Gasteiger partial charge in [-0.15, -0.1) is 11.8 Å². The minimum atomic E-state index is -0.135. The minimum Gasteiger partial charge on any atom is -0.394 e. The topological polar surface area (TPSA) is 73.1 Å². The second-order valence-electron chi connectivity index (χ2n) is 4.41. The number of thioether (sulfide) groups is 1. The van der Waals surface area contributed by atoms with Crippen LogP contribution in [0, 0.1) is 0 Å². The zero-order chi connectivity index (χ0) is 13.2. The summed E-state index contributed by atoms with van der Waals surface area (Å²) in [4.78, 5) is 8.60. The fraction of sp³-hybridized carbons (Fsp3) is 0.583. The average molecular weight is 280 g/mol. The van der Waals surface area contributed by atoms with Gasteiger partial charge < -0.3 is 9.84 Å². The molecule has 0 aromatic carbocycles. The number of hydrogen-bond donors (Lipinski definition) is 1. The van der Waals surface area contributed by atoms with Gasteiger partial charge in [0.2, 0.25) is 0 Å². The summed E-state index contributed by atoms with van der Waals surface area (Å²) in [6.45, 7) is 2.15. The largest absolute Gasteiger partial charge is 0.394 e. The van der Waals surface area contributed by atoms with Crippen molar-refractivity contribution in [1.82, 2.24) is 19.7 Å². The van der Waals surface area contributed by atoms with Crippen LogP contribution < -0.4 is 0 Å². The number of hydrogen-bond acceptors (Lipinski definition) is 6. The molecule has 19 heavy (non-hydrogen) atoms. The first-order valence-corrected chi connectivity index (χ1v) is 7.39. The summed E-state index contributed by atoms with van der Waals surface area (Å²) in [5.74, 6) is 0.962. The summed E-state index contributed by atoms with van der Waals surface area (Å²) < 4.78 is 7.54. The normalized spacial score (nSPS) is 23.3. The van der Waals surface area contributed by atoms with Crippen molar-refractivity contribution in [3.8, 4) is 0 Å². The van der Waals surface area contributed by atoms with E-state index in [9.17, 15) is 0 Å². The molecule has 1 fully saturated rings. The van der Waals surface area contributed by atoms with Crippen molar-refractivity contribution in [2.45, 2.75) is 37.1 Å². The van der Waals surface area contributed by atoms with Crippen LogP contribution >= 0.6 is 11.8 Å². The van der Waals surface area contributed by atoms with E-state index in [0.29, 0.717) is 0 Å². The quantitative estimate of drug-likeness (QED) is 0.677. The highest BCUT2D eigenvalue weighted by molar-refractivity contribution is 7.99. The van der Waals surface area contributed by atoms with Gasteiger partial charge in [0.15, 0.2) is 11.9 Å². The molecule has 1 aliphatic heterocycles. The van der Waals surface area contributed by atoms with Gasteiger partial charge in [0.05, 0.1) is 24.3 Å². The fourth-order valence-corrected chi connectivity index (χ4v) is 3.00. The molecular formula is C12H16N4O2S. The first-order valence-electron chi connectivity index (χ1n) is 6.40. The number of aliphatic hydroxyl groups is 1. The number of fused-ring (bicyclic) bond motifs is 1. The van der Waals surface area contributed by atoms with Crippen LogP contribution in [0.3, 0.4) is 0 Å². The van der Waals surface area contributed by atoms with E-state index in [0.717, 1.165) is 34.7 Å². The van der Waals surface area contributed by atoms with E-state index in [-0.39, 0.29) is 18.9 Å². The van der Waals surface area contributed by atoms with Crippen molar-refractivity contribution >= 4 is 22.8 Å². The van der Waals surface area contributed by atoms with E-state index in [2.05, 4.69) is 22.0 Å². The number of aromatic nitrogens is 4. The molecule has 2 aromatic heterocycles. The second kappa shape index (κ2) is 5.44. The summed E-state index contributed by atoms with van der Waals surface area (Å²) in [5, 5.41) is 15.4. The Morgan fingerprint density at radius 2 is 2.37 bits per heavy atom. The Hall–Kier alpha value is -1.18. The maximum atomic E-state index is 9.13. The third kappa shape index (κ3) is 2.33. The van der Waals surface area contributed by atoms with Gasteiger partial charge in [-0.25, -0.2) is 14.6 Å². The lowest BCUT2D eigenvalue weighted by molar-refractivity contribution is -0.0262. The van der Waals surface area contributed by atoms with Gasteiger partial charge in [-0.3, -0.25) is 0 Å². The molecule has 0 spiro atoms. The van der Waals surface area contributed by atoms with Crippen molar-refractivity contribution in [1.29, 1.82) is 0 Å². The Balaban J connectivity index is 1.95. The average Bonchev–Trinajstić information content (AvgIpc) is 3.05. The van der Waals surface area contributed by atoms with E-state index >= 15 is 0 Å². The molecule has 2 unspecified atom stereocenters. The maximum Gasteiger partial charge on any atom is 0.164 e. The van der Waals surface area contributed by atoms with Crippen LogP contribution in [-0.2, 0) is 4.74 Å². The van der Waals surface area contributed by atoms with Gasteiger partial charge >= 0.3 is 0 Å². The summed E-state index contributed by atoms with van der Waals surface area (Å²) in [7, 11) is 0. The lowest BCUT2D eigenvalue weighted by Gasteiger charge is -2.13. The van der Waals surface area contributed by atoms with E-state index in [1.807, 2.05) is 0 Å². The first-order chi connectivity index (χ1) is 9.33. The monoisotopic (exact) mass is 280 g/mol. The molecular weight excluding hydrogens is 264 g/mol. The van der Waals surface area contributed by atoms with Gasteiger partial charge in [-0.1, -0.05) is 6.92 Å². The Kier molecular flexibility index (Phi) is 3.67. The van der Waals surface area contributed by atoms with Gasteiger partial charge in [0.1, 0.15) is 11.4 Å². The van der Waals surface area contributed by atoms with Crippen molar-refractivity contribution in [2.24, 2.45) is 0 Å². The van der Waals surface area contributed by atoms with Crippen LogP contribution in [-0.4, -0.2) is 43.3 Å². The van der Waals surface area contributed by atoms with Crippen LogP contribution in [0.5, 0.6) is 0 Å². The molecule has 2 atom stereocenters. The summed E-state index contributed by atoms with van der Waals surface area (Å²) >= 11 is 1.68. The van der Waals surface area contributed by atoms with Crippen molar-refractivity contribution < 1.29 is 9.84 Å². The minimum absolute atomic E-state index is 0.0572. The second-order valence-corrected chi connectivity index (χ2v) is 5.66. The van der Waals surface area contributed by atoms with E-state index in [1.54, 1.807) is 29.0 Å². The molecule has 0 saturated carbocycles. The Morgan fingerprint density at radius 1 is 1.47 bits per heavy atom. The maximum absolute atomic E-state index is 9.13. The molecule has 0 bridgehead atoms. The van der Waals surface area contributed by atoms with Gasteiger partial charge in [0, 0.05) is 0 Å². The number of nitrogens with zero attached hydrogens (tertiary/aromatic N) is 4. The predicted molar refractivity (Wildman–Crippen MR) is 72.0 cm³/mol. The zero-order valence-corrected chi connectivity index (χ0v) is 11.5. The Morgan fingerprint density at radius 3 is 3.11 bits per heavy atom. The first kappa shape index (κ1) is 12.8. The van der Waals surface area contributed by atoms with Crippen molar-refractivity contribution in [2.75, 3.05) is 12.4 Å². The van der Waals surface area contributed by atoms with Crippen molar-refractivity contribution in [3.63, 3.8) is 0 Å². The number of rotatable bonds is 4. The highest BCUT2D eigenvalue weighted by Gasteiger charge is 2.28. The molecule has 3 heterocycles. The molecule has 1 N–H and O–H groups in total. The molecule has 0 amide bonds. The van der Waals surface area contributed by atoms with Crippen LogP contribution in [0.25, 0.3) is 11.0 Å². The van der Waals surface area contributed by atoms with Crippen LogP contribution in [0.2, 0.25) is 0 Å². The Labute approximate surface area is 115 Å². The highest BCUT2D eigenvalue weighted by Crippen LogP contribution is 2.31. The molecule has 0 aliphatic carbocycles. The highest BCUT2D eigenvalue weighted by atomic mass is 32.2. The van der Waals surface area contributed by atoms with E-state index in [1.165, 1.54) is 0 Å². The van der Waals surface area contributed by atoms with Crippen LogP contribution in [0.4, 0.5) is 0 Å². The number of aliphatic hydroxyl groups excluding tert-OH is 1. The zero-order valence-electron chi connectivity index (χ0n) is 10.7. The molecule has 1 saturated heterocycles. The van der Waals surface area contributed by atoms with Crippen molar-refractivity contribution in [3.05, 3.63) is 12.5 Å². The van der Waals surface area contributed by atoms with E-state index < -0.39 is 0 Å². The lowest BCUT2D eigenvalue weighted by Crippen LogP contribution is -2.15. The molecule has 7 heteroatoms. The third-order valence-electron chi connectivity index (χ3n) is 3.20. The molecule has 1 aliphatic rings. The fourth-order valence-electron chi connectivity index (χ4n) is 2.30. The van der Waals surface area contributed by atoms with Crippen LogP contribution in [0.1, 0.15) is 26.0 Å². The molecule has 0 radical (unpaired) electrons. The number of ether oxygens (including phenoxy) is 1. The summed E-state index contributed by atoms with van der Waals surface area (Å²) in [5.41, 5.74) is 0.800. The SMILES string of the molecule is CCSc1ncnc2c1cnn2C1CCC(CO)O1. The molecule has 6 nitrogen and oxygen atoms in total. The van der Waals surface area contributed by atoms with E-state index in [4.69, 9.17) is 9.84 Å². The van der Waals surface area contributed by atoms with Gasteiger partial charge in [-0.2, -0.15) is 5.10 Å². The Bertz CT molecular complexity index is 574. The smallest absolute Gasteiger partial charge is 0.164 e. The molecule has 102 valence electrons. The summed E-state index contributed by atoms with van der Waals surface area (Å²) in [6, 6.07) is 0. The third-order valence-corrected chi connectivity index (χ3v) is 4.08.